The molecule has 1 saturated heterocycles. The van der Waals surface area contributed by atoms with Crippen LogP contribution in [0.25, 0.3) is 11.1 Å². The Hall–Kier alpha value is -3.63. The van der Waals surface area contributed by atoms with Gasteiger partial charge in [-0.25, -0.2) is 0 Å². The van der Waals surface area contributed by atoms with E-state index in [2.05, 4.69) is 15.5 Å². The first kappa shape index (κ1) is 31.8. The number of hydrogen-bond donors (Lipinski definition) is 2. The molecule has 9 nitrogen and oxygen atoms in total. The third kappa shape index (κ3) is 7.53. The van der Waals surface area contributed by atoms with Gasteiger partial charge in [-0.2, -0.15) is 0 Å². The third-order valence-corrected chi connectivity index (χ3v) is 8.63. The molecule has 2 aliphatic heterocycles. The maximum Gasteiger partial charge on any atom is 0.266 e. The van der Waals surface area contributed by atoms with Crippen molar-refractivity contribution in [2.24, 2.45) is 5.92 Å². The van der Waals surface area contributed by atoms with Gasteiger partial charge in [0.25, 0.3) is 5.91 Å². The Bertz CT molecular complexity index is 1510. The number of carbonyl (C=O) groups excluding carboxylic acids is 3. The lowest BCUT2D eigenvalue weighted by Gasteiger charge is -2.36. The summed E-state index contributed by atoms with van der Waals surface area (Å²) in [5.41, 5.74) is 4.16. The first-order valence-corrected chi connectivity index (χ1v) is 15.4. The van der Waals surface area contributed by atoms with Crippen molar-refractivity contribution in [1.82, 2.24) is 9.80 Å². The summed E-state index contributed by atoms with van der Waals surface area (Å²) in [7, 11) is 1.76. The molecule has 5 rings (SSSR count). The normalized spacial score (nSPS) is 17.3. The van der Waals surface area contributed by atoms with Crippen LogP contribution in [0, 0.1) is 5.92 Å². The first-order valence-electron chi connectivity index (χ1n) is 14.6. The van der Waals surface area contributed by atoms with Crippen molar-refractivity contribution >= 4 is 52.3 Å². The average Bonchev–Trinajstić information content (AvgIpc) is 3.02. The van der Waals surface area contributed by atoms with Gasteiger partial charge in [0.15, 0.2) is 6.10 Å². The molecule has 11 heteroatoms. The average molecular weight is 640 g/mol. The summed E-state index contributed by atoms with van der Waals surface area (Å²) in [5.74, 6) is -0.394. The number of nitrogens with one attached hydrogen (secondary N) is 2. The number of carbonyl (C=O) groups is 3. The van der Waals surface area contributed by atoms with Crippen molar-refractivity contribution in [2.75, 3.05) is 50.5 Å². The molecule has 0 aliphatic carbocycles. The summed E-state index contributed by atoms with van der Waals surface area (Å²) in [5, 5.41) is 6.28. The molecule has 3 amide bonds. The smallest absolute Gasteiger partial charge is 0.266 e. The van der Waals surface area contributed by atoms with Crippen LogP contribution in [-0.4, -0.2) is 73.5 Å². The van der Waals surface area contributed by atoms with E-state index in [1.165, 1.54) is 12.1 Å². The Balaban J connectivity index is 1.31. The monoisotopic (exact) mass is 638 g/mol. The Morgan fingerprint density at radius 1 is 1.00 bits per heavy atom. The van der Waals surface area contributed by atoms with Gasteiger partial charge < -0.3 is 25.0 Å². The molecule has 2 N–H and O–H groups in total. The van der Waals surface area contributed by atoms with E-state index in [1.54, 1.807) is 11.9 Å². The number of morpholine rings is 1. The van der Waals surface area contributed by atoms with Crippen molar-refractivity contribution < 1.29 is 23.9 Å². The van der Waals surface area contributed by atoms with Crippen LogP contribution in [0.2, 0.25) is 10.0 Å². The highest BCUT2D eigenvalue weighted by atomic mass is 35.5. The van der Waals surface area contributed by atoms with Crippen LogP contribution in [0.1, 0.15) is 31.9 Å². The maximum absolute atomic E-state index is 13.6. The van der Waals surface area contributed by atoms with Crippen molar-refractivity contribution in [3.8, 4) is 16.9 Å². The summed E-state index contributed by atoms with van der Waals surface area (Å²) < 4.78 is 11.4. The SMILES string of the molecule is CC(C)C(=O)Nc1ccc(-c2ccc(C(CN3CCOCC3)N(C)C(=O)CC3Oc4cc(Cl)c(Cl)cc4NC3=O)cc2)cc1. The number of anilines is 2. The van der Waals surface area contributed by atoms with Gasteiger partial charge in [0.1, 0.15) is 5.75 Å². The fourth-order valence-electron chi connectivity index (χ4n) is 5.16. The molecule has 2 unspecified atom stereocenters. The van der Waals surface area contributed by atoms with E-state index in [4.69, 9.17) is 32.7 Å². The van der Waals surface area contributed by atoms with Crippen LogP contribution in [0.15, 0.2) is 60.7 Å². The molecule has 0 radical (unpaired) electrons. The van der Waals surface area contributed by atoms with Gasteiger partial charge in [-0.1, -0.05) is 73.4 Å². The topological polar surface area (TPSA) is 100 Å². The minimum atomic E-state index is -1.01. The Kier molecular flexibility index (Phi) is 10.1. The molecule has 3 aromatic rings. The predicted octanol–water partition coefficient (Wildman–Crippen LogP) is 5.88. The number of ether oxygens (including phenoxy) is 2. The number of halogens is 2. The predicted molar refractivity (Wildman–Crippen MR) is 172 cm³/mol. The molecule has 0 bridgehead atoms. The van der Waals surface area contributed by atoms with Gasteiger partial charge in [-0.05, 0) is 34.9 Å². The molecule has 0 aromatic heterocycles. The summed E-state index contributed by atoms with van der Waals surface area (Å²) in [6, 6.07) is 18.7. The lowest BCUT2D eigenvalue weighted by Crippen LogP contribution is -2.46. The first-order chi connectivity index (χ1) is 21.1. The van der Waals surface area contributed by atoms with Crippen LogP contribution < -0.4 is 15.4 Å². The molecule has 2 heterocycles. The van der Waals surface area contributed by atoms with Crippen LogP contribution in [0.3, 0.4) is 0 Å². The highest BCUT2D eigenvalue weighted by Crippen LogP contribution is 2.38. The maximum atomic E-state index is 13.6. The Morgan fingerprint density at radius 2 is 1.61 bits per heavy atom. The second-order valence-corrected chi connectivity index (χ2v) is 12.2. The fraction of sp³-hybridized carbons (Fsp3) is 0.364. The number of nitrogens with zero attached hydrogens (tertiary/aromatic N) is 2. The van der Waals surface area contributed by atoms with E-state index in [0.29, 0.717) is 41.2 Å². The minimum absolute atomic E-state index is 0.0260. The van der Waals surface area contributed by atoms with Crippen LogP contribution in [0.5, 0.6) is 5.75 Å². The zero-order valence-electron chi connectivity index (χ0n) is 24.9. The highest BCUT2D eigenvalue weighted by Gasteiger charge is 2.33. The molecule has 232 valence electrons. The highest BCUT2D eigenvalue weighted by molar-refractivity contribution is 6.42. The largest absolute Gasteiger partial charge is 0.478 e. The van der Waals surface area contributed by atoms with E-state index in [-0.39, 0.29) is 30.2 Å². The van der Waals surface area contributed by atoms with Crippen molar-refractivity contribution in [3.63, 3.8) is 0 Å². The van der Waals surface area contributed by atoms with Crippen molar-refractivity contribution in [1.29, 1.82) is 0 Å². The molecule has 2 aliphatic rings. The summed E-state index contributed by atoms with van der Waals surface area (Å²) >= 11 is 12.2. The van der Waals surface area contributed by atoms with E-state index in [1.807, 2.05) is 62.4 Å². The zero-order valence-corrected chi connectivity index (χ0v) is 26.5. The minimum Gasteiger partial charge on any atom is -0.478 e. The van der Waals surface area contributed by atoms with E-state index >= 15 is 0 Å². The van der Waals surface area contributed by atoms with E-state index in [9.17, 15) is 14.4 Å². The van der Waals surface area contributed by atoms with Crippen molar-refractivity contribution in [3.05, 3.63) is 76.3 Å². The lowest BCUT2D eigenvalue weighted by molar-refractivity contribution is -0.138. The van der Waals surface area contributed by atoms with Gasteiger partial charge in [-0.15, -0.1) is 0 Å². The molecule has 1 fully saturated rings. The number of likely N-dealkylation sites (N-methyl/N-ethyl adjacent to an activating group) is 1. The van der Waals surface area contributed by atoms with Gasteiger partial charge in [-0.3, -0.25) is 19.3 Å². The van der Waals surface area contributed by atoms with Gasteiger partial charge in [0.2, 0.25) is 11.8 Å². The summed E-state index contributed by atoms with van der Waals surface area (Å²) in [6.45, 7) is 7.14. The molecule has 2 atom stereocenters. The number of rotatable bonds is 9. The zero-order chi connectivity index (χ0) is 31.4. The second-order valence-electron chi connectivity index (χ2n) is 11.3. The second kappa shape index (κ2) is 14.0. The van der Waals surface area contributed by atoms with Crippen LogP contribution >= 0.6 is 23.2 Å². The number of fused-ring (bicyclic) bond motifs is 1. The Morgan fingerprint density at radius 3 is 2.25 bits per heavy atom. The third-order valence-electron chi connectivity index (χ3n) is 7.90. The molecule has 0 saturated carbocycles. The van der Waals surface area contributed by atoms with E-state index < -0.39 is 12.0 Å². The summed E-state index contributed by atoms with van der Waals surface area (Å²) in [6.07, 6.45) is -1.14. The van der Waals surface area contributed by atoms with Crippen LogP contribution in [0.4, 0.5) is 11.4 Å². The summed E-state index contributed by atoms with van der Waals surface area (Å²) in [4.78, 5) is 42.4. The fourth-order valence-corrected chi connectivity index (χ4v) is 5.48. The number of amides is 3. The molecular formula is C33H36Cl2N4O5. The standard InChI is InChI=1S/C33H36Cl2N4O5/c1-20(2)32(41)36-24-10-8-22(9-11-24)21-4-6-23(7-5-21)28(19-39-12-14-43-15-13-39)38(3)31(40)18-30-33(42)37-27-16-25(34)26(35)17-29(27)44-30/h4-11,16-17,20,28,30H,12-15,18-19H2,1-3H3,(H,36,41)(H,37,42). The quantitative estimate of drug-likeness (QED) is 0.304. The molecule has 3 aromatic carbocycles. The number of hydrogen-bond acceptors (Lipinski definition) is 6. The Labute approximate surface area is 267 Å². The molecule has 0 spiro atoms. The lowest BCUT2D eigenvalue weighted by atomic mass is 9.99. The van der Waals surface area contributed by atoms with Crippen molar-refractivity contribution in [2.45, 2.75) is 32.4 Å². The number of benzene rings is 3. The molecular weight excluding hydrogens is 603 g/mol. The van der Waals surface area contributed by atoms with Gasteiger partial charge in [0, 0.05) is 44.4 Å². The van der Waals surface area contributed by atoms with Gasteiger partial charge in [0.05, 0.1) is 41.4 Å². The van der Waals surface area contributed by atoms with E-state index in [0.717, 1.165) is 35.5 Å². The van der Waals surface area contributed by atoms with Gasteiger partial charge >= 0.3 is 0 Å². The molecule has 44 heavy (non-hydrogen) atoms. The van der Waals surface area contributed by atoms with Crippen LogP contribution in [-0.2, 0) is 19.1 Å².